The second-order valence-electron chi connectivity index (χ2n) is 4.65. The highest BCUT2D eigenvalue weighted by Gasteiger charge is 2.21. The van der Waals surface area contributed by atoms with Crippen molar-refractivity contribution in [2.24, 2.45) is 0 Å². The first-order chi connectivity index (χ1) is 9.33. The fourth-order valence-corrected chi connectivity index (χ4v) is 2.39. The normalized spacial score (nSPS) is 14.6. The highest BCUT2D eigenvalue weighted by molar-refractivity contribution is 7.07. The third-order valence-electron chi connectivity index (χ3n) is 3.05. The Morgan fingerprint density at radius 2 is 2.32 bits per heavy atom. The van der Waals surface area contributed by atoms with Crippen LogP contribution in [0.5, 0.6) is 5.75 Å². The van der Waals surface area contributed by atoms with Gasteiger partial charge in [0.1, 0.15) is 6.61 Å². The Balaban J connectivity index is 1.69. The molecule has 0 bridgehead atoms. The quantitative estimate of drug-likeness (QED) is 0.881. The molecule has 0 saturated heterocycles. The zero-order chi connectivity index (χ0) is 13.1. The molecule has 0 unspecified atom stereocenters. The molecule has 0 atom stereocenters. The van der Waals surface area contributed by atoms with Gasteiger partial charge in [0.05, 0.1) is 11.2 Å². The van der Waals surface area contributed by atoms with E-state index in [1.54, 1.807) is 11.6 Å². The summed E-state index contributed by atoms with van der Waals surface area (Å²) < 4.78 is 19.4. The van der Waals surface area contributed by atoms with Crippen LogP contribution < -0.4 is 10.1 Å². The number of halogens is 1. The van der Waals surface area contributed by atoms with E-state index in [0.717, 1.165) is 11.3 Å². The van der Waals surface area contributed by atoms with E-state index in [9.17, 15) is 4.39 Å². The van der Waals surface area contributed by atoms with Crippen LogP contribution in [0.4, 0.5) is 4.39 Å². The molecule has 2 aromatic rings. The molecule has 1 heterocycles. The summed E-state index contributed by atoms with van der Waals surface area (Å²) in [7, 11) is 0. The van der Waals surface area contributed by atoms with Crippen molar-refractivity contribution in [3.63, 3.8) is 0 Å². The monoisotopic (exact) mass is 278 g/mol. The van der Waals surface area contributed by atoms with Crippen LogP contribution in [-0.2, 0) is 13.2 Å². The lowest BCUT2D eigenvalue weighted by atomic mass is 10.2. The molecule has 1 aliphatic carbocycles. The van der Waals surface area contributed by atoms with Gasteiger partial charge < -0.3 is 10.1 Å². The lowest BCUT2D eigenvalue weighted by Gasteiger charge is -2.12. The summed E-state index contributed by atoms with van der Waals surface area (Å²) in [6.45, 7) is 0.954. The maximum atomic E-state index is 13.8. The van der Waals surface area contributed by atoms with E-state index in [1.807, 2.05) is 11.4 Å². The van der Waals surface area contributed by atoms with Crippen LogP contribution in [-0.4, -0.2) is 11.0 Å². The van der Waals surface area contributed by atoms with Crippen LogP contribution in [0.25, 0.3) is 0 Å². The minimum atomic E-state index is -0.315. The summed E-state index contributed by atoms with van der Waals surface area (Å²) in [5.74, 6) is 0.0222. The summed E-state index contributed by atoms with van der Waals surface area (Å²) in [6, 6.07) is 5.63. The molecule has 0 aliphatic heterocycles. The second-order valence-corrected chi connectivity index (χ2v) is 5.37. The van der Waals surface area contributed by atoms with Gasteiger partial charge in [0.15, 0.2) is 11.6 Å². The predicted octanol–water partition coefficient (Wildman–Crippen LogP) is 3.11. The number of hydrogen-bond donors (Lipinski definition) is 1. The SMILES string of the molecule is Fc1cccc(CNC2CC2)c1OCc1cscn1. The molecule has 1 N–H and O–H groups in total. The molecular weight excluding hydrogens is 263 g/mol. The van der Waals surface area contributed by atoms with Gasteiger partial charge in [-0.2, -0.15) is 0 Å². The van der Waals surface area contributed by atoms with Crippen molar-refractivity contribution in [1.82, 2.24) is 10.3 Å². The molecule has 1 fully saturated rings. The van der Waals surface area contributed by atoms with E-state index in [2.05, 4.69) is 10.3 Å². The van der Waals surface area contributed by atoms with Gasteiger partial charge in [-0.1, -0.05) is 12.1 Å². The number of hydrogen-bond acceptors (Lipinski definition) is 4. The third-order valence-corrected chi connectivity index (χ3v) is 3.69. The molecule has 0 radical (unpaired) electrons. The number of ether oxygens (including phenoxy) is 1. The topological polar surface area (TPSA) is 34.1 Å². The van der Waals surface area contributed by atoms with Crippen molar-refractivity contribution in [3.8, 4) is 5.75 Å². The summed E-state index contributed by atoms with van der Waals surface area (Å²) in [5, 5.41) is 5.28. The number of nitrogens with zero attached hydrogens (tertiary/aromatic N) is 1. The fourth-order valence-electron chi connectivity index (χ4n) is 1.85. The van der Waals surface area contributed by atoms with Crippen LogP contribution in [0.1, 0.15) is 24.1 Å². The van der Waals surface area contributed by atoms with Crippen molar-refractivity contribution in [3.05, 3.63) is 46.2 Å². The predicted molar refractivity (Wildman–Crippen MR) is 72.7 cm³/mol. The Morgan fingerprint density at radius 3 is 3.05 bits per heavy atom. The van der Waals surface area contributed by atoms with Crippen LogP contribution in [0.15, 0.2) is 29.1 Å². The van der Waals surface area contributed by atoms with Crippen LogP contribution >= 0.6 is 11.3 Å². The molecule has 100 valence electrons. The second kappa shape index (κ2) is 5.67. The number of para-hydroxylation sites is 1. The highest BCUT2D eigenvalue weighted by Crippen LogP contribution is 2.26. The molecule has 1 aromatic heterocycles. The third kappa shape index (κ3) is 3.30. The Hall–Kier alpha value is -1.46. The average molecular weight is 278 g/mol. The van der Waals surface area contributed by atoms with Gasteiger partial charge in [-0.25, -0.2) is 9.37 Å². The van der Waals surface area contributed by atoms with Gasteiger partial charge in [-0.3, -0.25) is 0 Å². The summed E-state index contributed by atoms with van der Waals surface area (Å²) in [4.78, 5) is 4.13. The van der Waals surface area contributed by atoms with Gasteiger partial charge in [0, 0.05) is 23.5 Å². The number of rotatable bonds is 6. The van der Waals surface area contributed by atoms with Crippen molar-refractivity contribution in [2.75, 3.05) is 0 Å². The van der Waals surface area contributed by atoms with Crippen LogP contribution in [0.3, 0.4) is 0 Å². The Labute approximate surface area is 115 Å². The first-order valence-corrected chi connectivity index (χ1v) is 7.28. The lowest BCUT2D eigenvalue weighted by molar-refractivity contribution is 0.282. The van der Waals surface area contributed by atoms with Crippen LogP contribution in [0, 0.1) is 5.82 Å². The number of aromatic nitrogens is 1. The van der Waals surface area contributed by atoms with E-state index in [0.29, 0.717) is 24.9 Å². The van der Waals surface area contributed by atoms with E-state index in [4.69, 9.17) is 4.74 Å². The van der Waals surface area contributed by atoms with Crippen molar-refractivity contribution in [2.45, 2.75) is 32.0 Å². The molecule has 19 heavy (non-hydrogen) atoms. The number of thiazole rings is 1. The van der Waals surface area contributed by atoms with E-state index < -0.39 is 0 Å². The maximum absolute atomic E-state index is 13.8. The largest absolute Gasteiger partial charge is 0.484 e. The number of nitrogens with one attached hydrogen (secondary N) is 1. The molecule has 5 heteroatoms. The molecule has 0 amide bonds. The lowest BCUT2D eigenvalue weighted by Crippen LogP contribution is -2.16. The number of benzene rings is 1. The van der Waals surface area contributed by atoms with Crippen molar-refractivity contribution >= 4 is 11.3 Å². The minimum Gasteiger partial charge on any atom is -0.484 e. The van der Waals surface area contributed by atoms with Gasteiger partial charge >= 0.3 is 0 Å². The zero-order valence-electron chi connectivity index (χ0n) is 10.4. The van der Waals surface area contributed by atoms with Gasteiger partial charge in [-0.05, 0) is 18.9 Å². The first-order valence-electron chi connectivity index (χ1n) is 6.33. The van der Waals surface area contributed by atoms with E-state index in [1.165, 1.54) is 30.2 Å². The van der Waals surface area contributed by atoms with Gasteiger partial charge in [0.25, 0.3) is 0 Å². The molecule has 1 aliphatic rings. The van der Waals surface area contributed by atoms with Gasteiger partial charge in [-0.15, -0.1) is 11.3 Å². The smallest absolute Gasteiger partial charge is 0.165 e. The molecule has 0 spiro atoms. The Morgan fingerprint density at radius 1 is 1.42 bits per heavy atom. The fraction of sp³-hybridized carbons (Fsp3) is 0.357. The molecular formula is C14H15FN2OS. The Kier molecular flexibility index (Phi) is 3.75. The van der Waals surface area contributed by atoms with Gasteiger partial charge in [0.2, 0.25) is 0 Å². The molecule has 1 saturated carbocycles. The minimum absolute atomic E-state index is 0.306. The summed E-state index contributed by atoms with van der Waals surface area (Å²) in [6.07, 6.45) is 2.43. The van der Waals surface area contributed by atoms with E-state index >= 15 is 0 Å². The highest BCUT2D eigenvalue weighted by atomic mass is 32.1. The standard InChI is InChI=1S/C14H15FN2OS/c15-13-3-1-2-10(6-16-11-4-5-11)14(13)18-7-12-8-19-9-17-12/h1-3,8-9,11,16H,4-7H2. The van der Waals surface area contributed by atoms with Crippen molar-refractivity contribution < 1.29 is 9.13 Å². The summed E-state index contributed by atoms with van der Waals surface area (Å²) in [5.41, 5.74) is 3.44. The average Bonchev–Trinajstić information content (AvgIpc) is 3.10. The summed E-state index contributed by atoms with van der Waals surface area (Å²) >= 11 is 1.51. The molecule has 1 aromatic carbocycles. The molecule has 3 nitrogen and oxygen atoms in total. The molecule has 3 rings (SSSR count). The Bertz CT molecular complexity index is 540. The van der Waals surface area contributed by atoms with E-state index in [-0.39, 0.29) is 5.82 Å². The zero-order valence-corrected chi connectivity index (χ0v) is 11.3. The van der Waals surface area contributed by atoms with Crippen LogP contribution in [0.2, 0.25) is 0 Å². The maximum Gasteiger partial charge on any atom is 0.165 e. The van der Waals surface area contributed by atoms with Crippen molar-refractivity contribution in [1.29, 1.82) is 0 Å². The first kappa shape index (κ1) is 12.6.